The zero-order valence-corrected chi connectivity index (χ0v) is 14.2. The molecule has 0 aliphatic carbocycles. The minimum Gasteiger partial charge on any atom is -0.389 e. The predicted molar refractivity (Wildman–Crippen MR) is 89.6 cm³/mol. The molecule has 2 N–H and O–H groups in total. The van der Waals surface area contributed by atoms with Crippen molar-refractivity contribution >= 4 is 39.3 Å². The summed E-state index contributed by atoms with van der Waals surface area (Å²) >= 11 is 5.04. The van der Waals surface area contributed by atoms with Gasteiger partial charge in [0.1, 0.15) is 0 Å². The molecule has 0 aliphatic heterocycles. The van der Waals surface area contributed by atoms with Crippen molar-refractivity contribution in [3.05, 3.63) is 52.5 Å². The van der Waals surface area contributed by atoms with Crippen LogP contribution in [0.25, 0.3) is 0 Å². The number of hydrogen-bond donors (Lipinski definition) is 2. The second-order valence-electron chi connectivity index (χ2n) is 4.67. The highest BCUT2D eigenvalue weighted by Gasteiger charge is 2.10. The molecule has 0 bridgehead atoms. The van der Waals surface area contributed by atoms with Crippen LogP contribution < -0.4 is 5.32 Å². The van der Waals surface area contributed by atoms with Gasteiger partial charge in [0, 0.05) is 26.9 Å². The number of nitrogens with one attached hydrogen (secondary N) is 1. The SMILES string of the molecule is CC(=O)Nc1ccc(Sc2cc(Br)ccc2C(C)O)cc1. The van der Waals surface area contributed by atoms with Crippen molar-refractivity contribution in [3.63, 3.8) is 0 Å². The maximum atomic E-state index is 11.0. The van der Waals surface area contributed by atoms with Crippen LogP contribution in [0.3, 0.4) is 0 Å². The van der Waals surface area contributed by atoms with Gasteiger partial charge in [-0.3, -0.25) is 4.79 Å². The molecule has 110 valence electrons. The predicted octanol–water partition coefficient (Wildman–Crippen LogP) is 4.61. The molecule has 3 nitrogen and oxygen atoms in total. The molecule has 0 saturated carbocycles. The molecular weight excluding hydrogens is 350 g/mol. The Hall–Kier alpha value is -1.30. The van der Waals surface area contributed by atoms with Crippen molar-refractivity contribution in [2.24, 2.45) is 0 Å². The van der Waals surface area contributed by atoms with Gasteiger partial charge in [-0.15, -0.1) is 0 Å². The molecule has 0 aromatic heterocycles. The molecule has 2 aromatic carbocycles. The highest BCUT2D eigenvalue weighted by molar-refractivity contribution is 9.10. The van der Waals surface area contributed by atoms with E-state index >= 15 is 0 Å². The molecule has 5 heteroatoms. The number of anilines is 1. The zero-order chi connectivity index (χ0) is 15.4. The lowest BCUT2D eigenvalue weighted by Gasteiger charge is -2.12. The van der Waals surface area contributed by atoms with Gasteiger partial charge < -0.3 is 10.4 Å². The number of halogens is 1. The van der Waals surface area contributed by atoms with Crippen molar-refractivity contribution in [1.82, 2.24) is 0 Å². The summed E-state index contributed by atoms with van der Waals surface area (Å²) in [5.41, 5.74) is 1.67. The summed E-state index contributed by atoms with van der Waals surface area (Å²) in [5.74, 6) is -0.0845. The summed E-state index contributed by atoms with van der Waals surface area (Å²) in [6.45, 7) is 3.24. The Morgan fingerprint density at radius 3 is 2.48 bits per heavy atom. The number of carbonyl (C=O) groups is 1. The van der Waals surface area contributed by atoms with Crippen LogP contribution in [0.2, 0.25) is 0 Å². The van der Waals surface area contributed by atoms with E-state index in [1.54, 1.807) is 18.7 Å². The first-order chi connectivity index (χ1) is 9.95. The molecule has 21 heavy (non-hydrogen) atoms. The average molecular weight is 366 g/mol. The number of hydrogen-bond acceptors (Lipinski definition) is 3. The third kappa shape index (κ3) is 4.59. The monoisotopic (exact) mass is 365 g/mol. The Kier molecular flexibility index (Phi) is 5.45. The Morgan fingerprint density at radius 2 is 1.90 bits per heavy atom. The maximum absolute atomic E-state index is 11.0. The van der Waals surface area contributed by atoms with Crippen molar-refractivity contribution < 1.29 is 9.90 Å². The normalized spacial score (nSPS) is 12.0. The van der Waals surface area contributed by atoms with E-state index in [0.717, 1.165) is 25.5 Å². The first kappa shape index (κ1) is 16.1. The number of carbonyl (C=O) groups excluding carboxylic acids is 1. The van der Waals surface area contributed by atoms with Gasteiger partial charge in [-0.25, -0.2) is 0 Å². The fourth-order valence-electron chi connectivity index (χ4n) is 1.88. The fraction of sp³-hybridized carbons (Fsp3) is 0.188. The first-order valence-electron chi connectivity index (χ1n) is 6.48. The number of aliphatic hydroxyl groups is 1. The fourth-order valence-corrected chi connectivity index (χ4v) is 3.46. The largest absolute Gasteiger partial charge is 0.389 e. The summed E-state index contributed by atoms with van der Waals surface area (Å²) in [6, 6.07) is 13.5. The van der Waals surface area contributed by atoms with E-state index in [4.69, 9.17) is 0 Å². The van der Waals surface area contributed by atoms with Gasteiger partial charge in [-0.05, 0) is 48.9 Å². The Labute approximate surface area is 136 Å². The lowest BCUT2D eigenvalue weighted by molar-refractivity contribution is -0.114. The Morgan fingerprint density at radius 1 is 1.24 bits per heavy atom. The van der Waals surface area contributed by atoms with Crippen LogP contribution >= 0.6 is 27.7 Å². The molecule has 2 aromatic rings. The van der Waals surface area contributed by atoms with Gasteiger partial charge in [-0.2, -0.15) is 0 Å². The average Bonchev–Trinajstić information content (AvgIpc) is 2.40. The molecular formula is C16H16BrNO2S. The molecule has 2 rings (SSSR count). The van der Waals surface area contributed by atoms with Crippen molar-refractivity contribution in [2.45, 2.75) is 29.7 Å². The lowest BCUT2D eigenvalue weighted by Crippen LogP contribution is -2.05. The van der Waals surface area contributed by atoms with E-state index in [1.165, 1.54) is 6.92 Å². The smallest absolute Gasteiger partial charge is 0.221 e. The molecule has 1 amide bonds. The minimum absolute atomic E-state index is 0.0845. The molecule has 1 atom stereocenters. The second-order valence-corrected chi connectivity index (χ2v) is 6.70. The van der Waals surface area contributed by atoms with E-state index < -0.39 is 6.10 Å². The van der Waals surface area contributed by atoms with Gasteiger partial charge in [0.2, 0.25) is 5.91 Å². The second kappa shape index (κ2) is 7.11. The molecule has 0 aliphatic rings. The van der Waals surface area contributed by atoms with Crippen LogP contribution in [-0.4, -0.2) is 11.0 Å². The van der Waals surface area contributed by atoms with Gasteiger partial charge >= 0.3 is 0 Å². The van der Waals surface area contributed by atoms with E-state index in [0.29, 0.717) is 0 Å². The number of benzene rings is 2. The standard InChI is InChI=1S/C16H16BrNO2S/c1-10(19)15-8-3-12(17)9-16(15)21-14-6-4-13(5-7-14)18-11(2)20/h3-10,19H,1-2H3,(H,18,20). The summed E-state index contributed by atoms with van der Waals surface area (Å²) in [6.07, 6.45) is -0.515. The molecule has 1 unspecified atom stereocenters. The highest BCUT2D eigenvalue weighted by Crippen LogP contribution is 2.35. The molecule has 0 saturated heterocycles. The third-order valence-corrected chi connectivity index (χ3v) is 4.40. The zero-order valence-electron chi connectivity index (χ0n) is 11.8. The van der Waals surface area contributed by atoms with Crippen LogP contribution in [0.4, 0.5) is 5.69 Å². The summed E-state index contributed by atoms with van der Waals surface area (Å²) in [4.78, 5) is 13.0. The van der Waals surface area contributed by atoms with Crippen LogP contribution in [0.1, 0.15) is 25.5 Å². The van der Waals surface area contributed by atoms with Crippen molar-refractivity contribution in [2.75, 3.05) is 5.32 Å². The number of rotatable bonds is 4. The molecule has 0 fully saturated rings. The Bertz CT molecular complexity index is 641. The molecule has 0 spiro atoms. The van der Waals surface area contributed by atoms with Crippen molar-refractivity contribution in [1.29, 1.82) is 0 Å². The summed E-state index contributed by atoms with van der Waals surface area (Å²) in [5, 5.41) is 12.6. The number of amides is 1. The maximum Gasteiger partial charge on any atom is 0.221 e. The van der Waals surface area contributed by atoms with E-state index in [2.05, 4.69) is 21.2 Å². The van der Waals surface area contributed by atoms with Crippen LogP contribution in [0.15, 0.2) is 56.7 Å². The van der Waals surface area contributed by atoms with Gasteiger partial charge in [0.05, 0.1) is 6.10 Å². The first-order valence-corrected chi connectivity index (χ1v) is 8.09. The van der Waals surface area contributed by atoms with Crippen LogP contribution in [0.5, 0.6) is 0 Å². The quantitative estimate of drug-likeness (QED) is 0.831. The minimum atomic E-state index is -0.515. The highest BCUT2D eigenvalue weighted by atomic mass is 79.9. The summed E-state index contributed by atoms with van der Waals surface area (Å²) in [7, 11) is 0. The van der Waals surface area contributed by atoms with Crippen LogP contribution in [-0.2, 0) is 4.79 Å². The van der Waals surface area contributed by atoms with Gasteiger partial charge in [0.25, 0.3) is 0 Å². The summed E-state index contributed by atoms with van der Waals surface area (Å²) < 4.78 is 0.976. The number of aliphatic hydroxyl groups excluding tert-OH is 1. The third-order valence-electron chi connectivity index (χ3n) is 2.83. The van der Waals surface area contributed by atoms with E-state index in [1.807, 2.05) is 42.5 Å². The molecule has 0 radical (unpaired) electrons. The lowest BCUT2D eigenvalue weighted by atomic mass is 10.1. The van der Waals surface area contributed by atoms with Gasteiger partial charge in [-0.1, -0.05) is 33.8 Å². The Balaban J connectivity index is 2.21. The van der Waals surface area contributed by atoms with Gasteiger partial charge in [0.15, 0.2) is 0 Å². The van der Waals surface area contributed by atoms with Crippen molar-refractivity contribution in [3.8, 4) is 0 Å². The molecule has 0 heterocycles. The van der Waals surface area contributed by atoms with Crippen LogP contribution in [0, 0.1) is 0 Å². The van der Waals surface area contributed by atoms with E-state index in [9.17, 15) is 9.90 Å². The topological polar surface area (TPSA) is 49.3 Å². The van der Waals surface area contributed by atoms with E-state index in [-0.39, 0.29) is 5.91 Å².